The van der Waals surface area contributed by atoms with Gasteiger partial charge in [0.2, 0.25) is 0 Å². The predicted octanol–water partition coefficient (Wildman–Crippen LogP) is 0.947. The van der Waals surface area contributed by atoms with Crippen LogP contribution in [-0.4, -0.2) is 5.66 Å². The third-order valence-corrected chi connectivity index (χ3v) is 1.00. The van der Waals surface area contributed by atoms with Gasteiger partial charge in [0.25, 0.3) is 0 Å². The fourth-order valence-corrected chi connectivity index (χ4v) is 0. The Morgan fingerprint density at radius 2 is 1.80 bits per heavy atom. The molecule has 0 fully saturated rings. The van der Waals surface area contributed by atoms with Gasteiger partial charge in [-0.3, -0.25) is 0 Å². The molecule has 0 aliphatic rings. The Labute approximate surface area is 34.8 Å². The Morgan fingerprint density at radius 1 is 1.60 bits per heavy atom. The van der Waals surface area contributed by atoms with Gasteiger partial charge >= 0.3 is 0 Å². The molecule has 5 heavy (non-hydrogen) atoms. The molecule has 0 saturated carbocycles. The second-order valence-corrected chi connectivity index (χ2v) is 2.81. The van der Waals surface area contributed by atoms with Crippen LogP contribution in [0.2, 0.25) is 0 Å². The monoisotopic (exact) mass is 91.1 g/mol. The summed E-state index contributed by atoms with van der Waals surface area (Å²) in [6, 6.07) is 0. The Bertz CT molecular complexity index is 20.9. The second-order valence-electron chi connectivity index (χ2n) is 1.32. The van der Waals surface area contributed by atoms with Crippen LogP contribution in [0.25, 0.3) is 0 Å². The molecule has 0 amide bonds. The first kappa shape index (κ1) is 5.39. The van der Waals surface area contributed by atoms with E-state index in [1.54, 1.807) is 0 Å². The first-order chi connectivity index (χ1) is 2.27. The normalized spacial score (nSPS) is 12.0. The van der Waals surface area contributed by atoms with E-state index in [1.165, 1.54) is 0 Å². The van der Waals surface area contributed by atoms with E-state index >= 15 is 0 Å². The highest BCUT2D eigenvalue weighted by molar-refractivity contribution is 7.35. The summed E-state index contributed by atoms with van der Waals surface area (Å²) >= 11 is 0. The SMILES string of the molecule is CC(C)PN. The van der Waals surface area contributed by atoms with Gasteiger partial charge in [0.15, 0.2) is 0 Å². The van der Waals surface area contributed by atoms with Crippen LogP contribution in [0.4, 0.5) is 0 Å². The van der Waals surface area contributed by atoms with Crippen molar-refractivity contribution in [3.8, 4) is 0 Å². The van der Waals surface area contributed by atoms with Gasteiger partial charge in [-0.15, -0.1) is 0 Å². The van der Waals surface area contributed by atoms with Crippen molar-refractivity contribution in [2.75, 3.05) is 0 Å². The van der Waals surface area contributed by atoms with E-state index < -0.39 is 0 Å². The zero-order valence-electron chi connectivity index (χ0n) is 3.65. The molecule has 0 aromatic rings. The van der Waals surface area contributed by atoms with Crippen LogP contribution >= 0.6 is 8.73 Å². The summed E-state index contributed by atoms with van der Waals surface area (Å²) in [6.07, 6.45) is 0. The van der Waals surface area contributed by atoms with Crippen molar-refractivity contribution >= 4 is 8.73 Å². The molecule has 1 nitrogen and oxygen atoms in total. The summed E-state index contributed by atoms with van der Waals surface area (Å²) in [6.45, 7) is 4.22. The van der Waals surface area contributed by atoms with Gasteiger partial charge < -0.3 is 5.50 Å². The van der Waals surface area contributed by atoms with Crippen molar-refractivity contribution in [3.05, 3.63) is 0 Å². The minimum Gasteiger partial charge on any atom is -0.312 e. The van der Waals surface area contributed by atoms with Crippen LogP contribution in [0.3, 0.4) is 0 Å². The zero-order chi connectivity index (χ0) is 4.28. The van der Waals surface area contributed by atoms with Gasteiger partial charge in [-0.1, -0.05) is 22.6 Å². The zero-order valence-corrected chi connectivity index (χ0v) is 4.65. The molecule has 2 heteroatoms. The Balaban J connectivity index is 2.54. The fraction of sp³-hybridized carbons (Fsp3) is 1.00. The maximum atomic E-state index is 5.20. The first-order valence-corrected chi connectivity index (χ1v) is 2.89. The molecule has 1 unspecified atom stereocenters. The van der Waals surface area contributed by atoms with E-state index in [-0.39, 0.29) is 0 Å². The molecule has 0 aromatic carbocycles. The minimum atomic E-state index is 0.614. The Kier molecular flexibility index (Phi) is 2.82. The lowest BCUT2D eigenvalue weighted by molar-refractivity contribution is 1.10. The molecule has 0 bridgehead atoms. The third-order valence-electron chi connectivity index (χ3n) is 0.333. The van der Waals surface area contributed by atoms with Gasteiger partial charge in [-0.25, -0.2) is 0 Å². The lowest BCUT2D eigenvalue weighted by atomic mass is 10.6. The first-order valence-electron chi connectivity index (χ1n) is 1.73. The number of rotatable bonds is 1. The Morgan fingerprint density at radius 3 is 1.80 bits per heavy atom. The van der Waals surface area contributed by atoms with Gasteiger partial charge in [-0.2, -0.15) is 0 Å². The van der Waals surface area contributed by atoms with E-state index in [1.807, 2.05) is 0 Å². The smallest absolute Gasteiger partial charge is 0.0165 e. The second kappa shape index (κ2) is 2.62. The van der Waals surface area contributed by atoms with Gasteiger partial charge in [-0.05, 0) is 5.66 Å². The topological polar surface area (TPSA) is 26.0 Å². The average molecular weight is 91.1 g/mol. The maximum absolute atomic E-state index is 5.20. The predicted molar refractivity (Wildman–Crippen MR) is 27.6 cm³/mol. The van der Waals surface area contributed by atoms with Crippen molar-refractivity contribution in [1.29, 1.82) is 0 Å². The van der Waals surface area contributed by atoms with E-state index in [9.17, 15) is 0 Å². The van der Waals surface area contributed by atoms with Crippen molar-refractivity contribution in [1.82, 2.24) is 0 Å². The molecule has 0 rings (SSSR count). The van der Waals surface area contributed by atoms with Crippen LogP contribution in [0.1, 0.15) is 13.8 Å². The molecule has 0 heterocycles. The quantitative estimate of drug-likeness (QED) is 0.477. The molecule has 0 radical (unpaired) electrons. The van der Waals surface area contributed by atoms with E-state index in [0.717, 1.165) is 0 Å². The lowest BCUT2D eigenvalue weighted by Gasteiger charge is -1.91. The van der Waals surface area contributed by atoms with Crippen LogP contribution < -0.4 is 5.50 Å². The van der Waals surface area contributed by atoms with E-state index in [2.05, 4.69) is 13.8 Å². The molecule has 0 aliphatic carbocycles. The summed E-state index contributed by atoms with van der Waals surface area (Å²) in [5.74, 6) is 0. The average Bonchev–Trinajstić information content (AvgIpc) is 1.38. The van der Waals surface area contributed by atoms with Crippen molar-refractivity contribution in [3.63, 3.8) is 0 Å². The highest BCUT2D eigenvalue weighted by Crippen LogP contribution is 2.04. The number of hydrogen-bond acceptors (Lipinski definition) is 1. The van der Waals surface area contributed by atoms with Crippen molar-refractivity contribution in [2.45, 2.75) is 19.5 Å². The molecule has 0 saturated heterocycles. The lowest BCUT2D eigenvalue weighted by Crippen LogP contribution is -1.86. The summed E-state index contributed by atoms with van der Waals surface area (Å²) in [7, 11) is 0.614. The highest BCUT2D eigenvalue weighted by atomic mass is 31.1. The summed E-state index contributed by atoms with van der Waals surface area (Å²) in [5, 5.41) is 0. The van der Waals surface area contributed by atoms with Crippen LogP contribution in [0, 0.1) is 0 Å². The Hall–Kier alpha value is 0.390. The largest absolute Gasteiger partial charge is 0.312 e. The van der Waals surface area contributed by atoms with Gasteiger partial charge in [0, 0.05) is 0 Å². The molecule has 0 aromatic heterocycles. The molecule has 0 spiro atoms. The summed E-state index contributed by atoms with van der Waals surface area (Å²) in [4.78, 5) is 0. The molecule has 1 atom stereocenters. The summed E-state index contributed by atoms with van der Waals surface area (Å²) < 4.78 is 0. The van der Waals surface area contributed by atoms with Gasteiger partial charge in [0.05, 0.1) is 0 Å². The maximum Gasteiger partial charge on any atom is -0.0165 e. The van der Waals surface area contributed by atoms with Crippen LogP contribution in [-0.2, 0) is 0 Å². The highest BCUT2D eigenvalue weighted by Gasteiger charge is 1.79. The molecular weight excluding hydrogens is 81.0 g/mol. The van der Waals surface area contributed by atoms with Crippen LogP contribution in [0.5, 0.6) is 0 Å². The van der Waals surface area contributed by atoms with Crippen molar-refractivity contribution in [2.24, 2.45) is 5.50 Å². The molecule has 2 N–H and O–H groups in total. The molecular formula is C3H10NP. The van der Waals surface area contributed by atoms with E-state index in [0.29, 0.717) is 14.4 Å². The van der Waals surface area contributed by atoms with E-state index in [4.69, 9.17) is 5.50 Å². The third kappa shape index (κ3) is 4.39. The standard InChI is InChI=1S/C3H10NP/c1-3(2)5-4/h3,5H,4H2,1-2H3. The number of nitrogens with two attached hydrogens (primary N) is 1. The number of hydrogen-bond donors (Lipinski definition) is 1. The fourth-order valence-electron chi connectivity index (χ4n) is 0. The minimum absolute atomic E-state index is 0.614. The molecule has 32 valence electrons. The molecule has 0 aliphatic heterocycles. The van der Waals surface area contributed by atoms with Gasteiger partial charge in [0.1, 0.15) is 0 Å². The van der Waals surface area contributed by atoms with Crippen molar-refractivity contribution < 1.29 is 0 Å². The van der Waals surface area contributed by atoms with Crippen LogP contribution in [0.15, 0.2) is 0 Å². The summed E-state index contributed by atoms with van der Waals surface area (Å²) in [5.41, 5.74) is 5.89.